The molecular formula is C46H74N2O7. The number of esters is 1. The van der Waals surface area contributed by atoms with Gasteiger partial charge < -0.3 is 24.4 Å². The van der Waals surface area contributed by atoms with Crippen LogP contribution in [0.3, 0.4) is 0 Å². The Kier molecular flexibility index (Phi) is 10.7. The van der Waals surface area contributed by atoms with E-state index in [0.29, 0.717) is 55.8 Å². The van der Waals surface area contributed by atoms with E-state index >= 15 is 4.79 Å². The third-order valence-corrected chi connectivity index (χ3v) is 17.2. The zero-order valence-corrected chi connectivity index (χ0v) is 36.3. The first-order valence-electron chi connectivity index (χ1n) is 21.7. The third-order valence-electron chi connectivity index (χ3n) is 17.2. The maximum atomic E-state index is 15.0. The van der Waals surface area contributed by atoms with Crippen LogP contribution in [0.5, 0.6) is 0 Å². The fourth-order valence-corrected chi connectivity index (χ4v) is 14.5. The van der Waals surface area contributed by atoms with E-state index in [-0.39, 0.29) is 64.0 Å². The van der Waals surface area contributed by atoms with Gasteiger partial charge in [-0.05, 0) is 143 Å². The number of ether oxygens (including phenoxy) is 2. The summed E-state index contributed by atoms with van der Waals surface area (Å²) >= 11 is 0. The number of carbonyl (C=O) groups is 4. The van der Waals surface area contributed by atoms with Crippen molar-refractivity contribution in [2.75, 3.05) is 26.2 Å². The molecule has 0 aromatic carbocycles. The number of hydrogen-bond acceptors (Lipinski definition) is 6. The smallest absolute Gasteiger partial charge is 0.410 e. The van der Waals surface area contributed by atoms with Crippen molar-refractivity contribution >= 4 is 23.9 Å². The molecule has 9 heteroatoms. The van der Waals surface area contributed by atoms with Crippen LogP contribution in [0.4, 0.5) is 4.79 Å². The second kappa shape index (κ2) is 14.1. The van der Waals surface area contributed by atoms with Crippen LogP contribution in [0.15, 0.2) is 12.2 Å². The lowest BCUT2D eigenvalue weighted by Crippen LogP contribution is -2.68. The summed E-state index contributed by atoms with van der Waals surface area (Å²) in [5.74, 6) is 1.15. The number of allylic oxidation sites excluding steroid dienone is 1. The van der Waals surface area contributed by atoms with Gasteiger partial charge in [-0.25, -0.2) is 4.79 Å². The molecule has 1 heterocycles. The molecular weight excluding hydrogens is 693 g/mol. The van der Waals surface area contributed by atoms with E-state index in [1.807, 2.05) is 34.6 Å². The first-order chi connectivity index (χ1) is 25.3. The molecule has 5 aliphatic carbocycles. The Morgan fingerprint density at radius 2 is 1.38 bits per heavy atom. The van der Waals surface area contributed by atoms with Crippen molar-refractivity contribution in [3.05, 3.63) is 12.2 Å². The van der Waals surface area contributed by atoms with Gasteiger partial charge in [-0.1, -0.05) is 60.6 Å². The fourth-order valence-electron chi connectivity index (χ4n) is 14.5. The summed E-state index contributed by atoms with van der Waals surface area (Å²) in [6, 6.07) is 0. The minimum absolute atomic E-state index is 0.0625. The molecule has 0 aromatic heterocycles. The normalized spacial score (nSPS) is 39.8. The number of amides is 2. The maximum absolute atomic E-state index is 15.0. The standard InChI is InChI=1S/C46H74N2O7/c1-29(2)30-15-20-46(38(52)47-23-25-48(26-24-47)39(53)55-40(3,4)5)22-21-44(11)31(37(30)46)13-14-33-43(10)18-17-34(42(8,9)32(43)16-19-45(33,44)12)54-36(51)28-41(6,7)27-35(49)50/h30-34,37H,1,13-28H2,2-12H3,(H,49,50)/t30?,31-,32?,33?,34+,37?,43+,44-,45-,46+/m1/s1. The Hall–Kier alpha value is -2.58. The lowest BCUT2D eigenvalue weighted by molar-refractivity contribution is -0.250. The molecule has 1 aliphatic heterocycles. The summed E-state index contributed by atoms with van der Waals surface area (Å²) in [6.45, 7) is 30.6. The molecule has 9 nitrogen and oxygen atoms in total. The highest BCUT2D eigenvalue weighted by Crippen LogP contribution is 2.77. The van der Waals surface area contributed by atoms with Gasteiger partial charge in [0, 0.05) is 31.6 Å². The number of nitrogens with zero attached hydrogens (tertiary/aromatic N) is 2. The molecule has 1 saturated heterocycles. The molecule has 6 aliphatic rings. The molecule has 10 atom stereocenters. The van der Waals surface area contributed by atoms with Crippen molar-refractivity contribution in [3.63, 3.8) is 0 Å². The van der Waals surface area contributed by atoms with Crippen LogP contribution >= 0.6 is 0 Å². The van der Waals surface area contributed by atoms with Crippen LogP contribution < -0.4 is 0 Å². The largest absolute Gasteiger partial charge is 0.481 e. The van der Waals surface area contributed by atoms with Gasteiger partial charge in [0.05, 0.1) is 18.3 Å². The summed E-state index contributed by atoms with van der Waals surface area (Å²) in [5.41, 5.74) is -0.232. The SMILES string of the molecule is C=C(C)C1CC[C@]2(C(=O)N3CCN(C(=O)OC(C)(C)C)CC3)CC[C@]3(C)[C@H](CCC4[C@@]5(C)CC[C@H](OC(=O)CC(C)(C)CC(=O)O)C(C)(C)C5CC[C@]43C)C12. The van der Waals surface area contributed by atoms with Crippen LogP contribution in [-0.2, 0) is 23.9 Å². The Morgan fingerprint density at radius 1 is 0.745 bits per heavy atom. The monoisotopic (exact) mass is 767 g/mol. The summed E-state index contributed by atoms with van der Waals surface area (Å²) in [4.78, 5) is 56.4. The summed E-state index contributed by atoms with van der Waals surface area (Å²) in [6.07, 6.45) is 9.87. The van der Waals surface area contributed by atoms with E-state index in [4.69, 9.17) is 9.47 Å². The second-order valence-corrected chi connectivity index (χ2v) is 22.4. The minimum atomic E-state index is -0.895. The lowest BCUT2D eigenvalue weighted by atomic mass is 9.32. The highest BCUT2D eigenvalue weighted by molar-refractivity contribution is 5.84. The topological polar surface area (TPSA) is 113 Å². The predicted molar refractivity (Wildman–Crippen MR) is 214 cm³/mol. The predicted octanol–water partition coefficient (Wildman–Crippen LogP) is 9.53. The molecule has 0 aromatic rings. The quantitative estimate of drug-likeness (QED) is 0.203. The van der Waals surface area contributed by atoms with E-state index < -0.39 is 17.0 Å². The van der Waals surface area contributed by atoms with Crippen molar-refractivity contribution in [1.29, 1.82) is 0 Å². The second-order valence-electron chi connectivity index (χ2n) is 22.4. The van der Waals surface area contributed by atoms with Gasteiger partial charge in [0.2, 0.25) is 5.91 Å². The van der Waals surface area contributed by atoms with Crippen molar-refractivity contribution < 1.29 is 33.8 Å². The molecule has 6 rings (SSSR count). The van der Waals surface area contributed by atoms with Crippen LogP contribution in [0.2, 0.25) is 0 Å². The number of carboxylic acids is 1. The minimum Gasteiger partial charge on any atom is -0.481 e. The molecule has 5 saturated carbocycles. The Balaban J connectivity index is 1.21. The van der Waals surface area contributed by atoms with Crippen LogP contribution in [0.25, 0.3) is 0 Å². The average molecular weight is 767 g/mol. The highest BCUT2D eigenvalue weighted by atomic mass is 16.6. The molecule has 55 heavy (non-hydrogen) atoms. The number of carboxylic acid groups (broad SMARTS) is 1. The summed E-state index contributed by atoms with van der Waals surface area (Å²) in [7, 11) is 0. The van der Waals surface area contributed by atoms with Crippen LogP contribution in [0.1, 0.15) is 153 Å². The number of fused-ring (bicyclic) bond motifs is 7. The zero-order valence-electron chi connectivity index (χ0n) is 36.3. The van der Waals surface area contributed by atoms with E-state index in [2.05, 4.69) is 53.0 Å². The summed E-state index contributed by atoms with van der Waals surface area (Å²) < 4.78 is 11.9. The number of carbonyl (C=O) groups excluding carboxylic acids is 3. The highest BCUT2D eigenvalue weighted by Gasteiger charge is 2.72. The summed E-state index contributed by atoms with van der Waals surface area (Å²) in [5, 5.41) is 9.37. The van der Waals surface area contributed by atoms with Gasteiger partial charge in [-0.15, -0.1) is 0 Å². The van der Waals surface area contributed by atoms with E-state index in [1.54, 1.807) is 4.90 Å². The molecule has 0 bridgehead atoms. The number of aliphatic carboxylic acids is 1. The first kappa shape index (κ1) is 42.0. The molecule has 6 fully saturated rings. The number of piperazine rings is 1. The Labute approximate surface area is 332 Å². The van der Waals surface area contributed by atoms with E-state index in [9.17, 15) is 19.5 Å². The van der Waals surface area contributed by atoms with Crippen molar-refractivity contribution in [2.45, 2.75) is 165 Å². The Bertz CT molecular complexity index is 1550. The van der Waals surface area contributed by atoms with Gasteiger partial charge in [-0.2, -0.15) is 0 Å². The zero-order chi connectivity index (χ0) is 40.7. The van der Waals surface area contributed by atoms with Gasteiger partial charge in [0.25, 0.3) is 0 Å². The van der Waals surface area contributed by atoms with Gasteiger partial charge in [0.15, 0.2) is 0 Å². The van der Waals surface area contributed by atoms with Gasteiger partial charge in [-0.3, -0.25) is 14.4 Å². The fraction of sp³-hybridized carbons (Fsp3) is 0.870. The van der Waals surface area contributed by atoms with Gasteiger partial charge >= 0.3 is 18.0 Å². The number of rotatable bonds is 7. The van der Waals surface area contributed by atoms with E-state index in [1.165, 1.54) is 5.57 Å². The first-order valence-corrected chi connectivity index (χ1v) is 21.7. The molecule has 0 radical (unpaired) electrons. The molecule has 1 N–H and O–H groups in total. The van der Waals surface area contributed by atoms with Crippen molar-refractivity contribution in [2.24, 2.45) is 62.1 Å². The van der Waals surface area contributed by atoms with Crippen molar-refractivity contribution in [3.8, 4) is 0 Å². The number of hydrogen-bond donors (Lipinski definition) is 1. The van der Waals surface area contributed by atoms with Gasteiger partial charge in [0.1, 0.15) is 11.7 Å². The van der Waals surface area contributed by atoms with Crippen LogP contribution in [0, 0.1) is 62.1 Å². The lowest BCUT2D eigenvalue weighted by Gasteiger charge is -2.73. The third kappa shape index (κ3) is 7.05. The molecule has 4 unspecified atom stereocenters. The Morgan fingerprint density at radius 3 is 1.98 bits per heavy atom. The molecule has 0 spiro atoms. The van der Waals surface area contributed by atoms with Crippen LogP contribution in [-0.4, -0.2) is 76.7 Å². The maximum Gasteiger partial charge on any atom is 0.410 e. The van der Waals surface area contributed by atoms with E-state index in [0.717, 1.165) is 64.2 Å². The molecule has 310 valence electrons. The molecule has 2 amide bonds. The van der Waals surface area contributed by atoms with Crippen molar-refractivity contribution in [1.82, 2.24) is 9.80 Å². The average Bonchev–Trinajstić information content (AvgIpc) is 3.46.